The molecule has 2 aromatic carbocycles. The van der Waals surface area contributed by atoms with E-state index in [-0.39, 0.29) is 16.1 Å². The number of rotatable bonds is 11. The zero-order chi connectivity index (χ0) is 23.8. The molecule has 9 heteroatoms. The van der Waals surface area contributed by atoms with Crippen molar-refractivity contribution in [3.63, 3.8) is 0 Å². The normalized spacial score (nSPS) is 11.1. The van der Waals surface area contributed by atoms with E-state index in [0.717, 1.165) is 18.4 Å². The fourth-order valence-electron chi connectivity index (χ4n) is 3.27. The van der Waals surface area contributed by atoms with Crippen LogP contribution in [0.4, 0.5) is 11.5 Å². The maximum atomic E-state index is 13.1. The van der Waals surface area contributed by atoms with E-state index in [1.54, 1.807) is 12.1 Å². The lowest BCUT2D eigenvalue weighted by atomic mass is 10.2. The third-order valence-corrected chi connectivity index (χ3v) is 6.41. The molecule has 0 saturated heterocycles. The molecule has 0 unspecified atom stereocenters. The number of hydrogen-bond acceptors (Lipinski definition) is 6. The molecule has 0 aliphatic heterocycles. The van der Waals surface area contributed by atoms with E-state index in [2.05, 4.69) is 16.6 Å². The number of pyridine rings is 1. The number of aromatic nitrogens is 1. The highest BCUT2D eigenvalue weighted by atomic mass is 32.2. The molecule has 1 aromatic heterocycles. The van der Waals surface area contributed by atoms with Crippen LogP contribution in [-0.2, 0) is 16.6 Å². The van der Waals surface area contributed by atoms with Crippen LogP contribution < -0.4 is 14.4 Å². The first-order valence-corrected chi connectivity index (χ1v) is 12.0. The molecular weight excluding hydrogens is 442 g/mol. The van der Waals surface area contributed by atoms with Gasteiger partial charge in [-0.2, -0.15) is 0 Å². The average molecular weight is 470 g/mol. The Morgan fingerprint density at radius 2 is 1.82 bits per heavy atom. The molecule has 0 aliphatic carbocycles. The number of methoxy groups -OCH3 is 1. The Balaban J connectivity index is 2.02. The van der Waals surface area contributed by atoms with Crippen molar-refractivity contribution in [3.8, 4) is 5.75 Å². The van der Waals surface area contributed by atoms with Crippen LogP contribution in [0.5, 0.6) is 5.75 Å². The standard InChI is InChI=1S/C24H27N3O5S/c1-3-4-14-27(17-18-8-6-5-7-9-18)23-22(15-19(16-25-23)24(28)29)26-33(30,31)21-12-10-20(32-2)11-13-21/h5-13,15-16,26H,3-4,14,17H2,1-2H3,(H,28,29). The summed E-state index contributed by atoms with van der Waals surface area (Å²) in [6.07, 6.45) is 3.04. The van der Waals surface area contributed by atoms with Gasteiger partial charge in [-0.1, -0.05) is 43.7 Å². The summed E-state index contributed by atoms with van der Waals surface area (Å²) in [5.41, 5.74) is 1.03. The fourth-order valence-corrected chi connectivity index (χ4v) is 4.32. The van der Waals surface area contributed by atoms with Crippen LogP contribution in [-0.4, -0.2) is 38.1 Å². The second kappa shape index (κ2) is 10.8. The van der Waals surface area contributed by atoms with Gasteiger partial charge in [-0.3, -0.25) is 4.72 Å². The van der Waals surface area contributed by atoms with Gasteiger partial charge in [0, 0.05) is 19.3 Å². The highest BCUT2D eigenvalue weighted by Crippen LogP contribution is 2.29. The minimum Gasteiger partial charge on any atom is -0.497 e. The van der Waals surface area contributed by atoms with Gasteiger partial charge in [-0.15, -0.1) is 0 Å². The molecule has 8 nitrogen and oxygen atoms in total. The summed E-state index contributed by atoms with van der Waals surface area (Å²) in [7, 11) is -2.50. The lowest BCUT2D eigenvalue weighted by Gasteiger charge is -2.26. The van der Waals surface area contributed by atoms with Crippen LogP contribution in [0, 0.1) is 0 Å². The van der Waals surface area contributed by atoms with E-state index in [1.165, 1.54) is 31.5 Å². The number of nitrogens with one attached hydrogen (secondary N) is 1. The third-order valence-electron chi connectivity index (χ3n) is 5.03. The predicted molar refractivity (Wildman–Crippen MR) is 127 cm³/mol. The van der Waals surface area contributed by atoms with Crippen molar-refractivity contribution >= 4 is 27.5 Å². The molecule has 0 aliphatic rings. The molecule has 0 spiro atoms. The van der Waals surface area contributed by atoms with Crippen molar-refractivity contribution in [2.75, 3.05) is 23.3 Å². The van der Waals surface area contributed by atoms with Gasteiger partial charge in [0.2, 0.25) is 0 Å². The number of ether oxygens (including phenoxy) is 1. The van der Waals surface area contributed by atoms with Crippen LogP contribution in [0.25, 0.3) is 0 Å². The Bertz CT molecular complexity index is 1180. The first-order valence-electron chi connectivity index (χ1n) is 10.5. The molecule has 0 radical (unpaired) electrons. The topological polar surface area (TPSA) is 109 Å². The lowest BCUT2D eigenvalue weighted by molar-refractivity contribution is 0.0696. The Labute approximate surface area is 193 Å². The molecule has 0 atom stereocenters. The second-order valence-corrected chi connectivity index (χ2v) is 9.12. The van der Waals surface area contributed by atoms with Crippen molar-refractivity contribution in [1.29, 1.82) is 0 Å². The van der Waals surface area contributed by atoms with Gasteiger partial charge in [0.1, 0.15) is 5.75 Å². The molecule has 0 amide bonds. The highest BCUT2D eigenvalue weighted by Gasteiger charge is 2.22. The molecule has 0 saturated carbocycles. The largest absolute Gasteiger partial charge is 0.497 e. The molecule has 3 aromatic rings. The van der Waals surface area contributed by atoms with E-state index in [9.17, 15) is 18.3 Å². The number of nitrogens with zero attached hydrogens (tertiary/aromatic N) is 2. The van der Waals surface area contributed by atoms with Gasteiger partial charge in [-0.05, 0) is 42.3 Å². The van der Waals surface area contributed by atoms with Gasteiger partial charge < -0.3 is 14.7 Å². The zero-order valence-corrected chi connectivity index (χ0v) is 19.4. The van der Waals surface area contributed by atoms with Crippen molar-refractivity contribution < 1.29 is 23.1 Å². The number of carboxylic acids is 1. The van der Waals surface area contributed by atoms with Crippen molar-refractivity contribution in [3.05, 3.63) is 78.0 Å². The Morgan fingerprint density at radius 1 is 1.12 bits per heavy atom. The van der Waals surface area contributed by atoms with Gasteiger partial charge in [0.25, 0.3) is 10.0 Å². The number of sulfonamides is 1. The molecule has 2 N–H and O–H groups in total. The molecule has 0 fully saturated rings. The van der Waals surface area contributed by atoms with Crippen LogP contribution in [0.15, 0.2) is 71.8 Å². The van der Waals surface area contributed by atoms with E-state index >= 15 is 0 Å². The molecule has 3 rings (SSSR count). The maximum absolute atomic E-state index is 13.1. The maximum Gasteiger partial charge on any atom is 0.337 e. The summed E-state index contributed by atoms with van der Waals surface area (Å²) in [5.74, 6) is -0.297. The second-order valence-electron chi connectivity index (χ2n) is 7.44. The molecule has 33 heavy (non-hydrogen) atoms. The average Bonchev–Trinajstić information content (AvgIpc) is 2.82. The highest BCUT2D eigenvalue weighted by molar-refractivity contribution is 7.92. The van der Waals surface area contributed by atoms with Gasteiger partial charge in [0.15, 0.2) is 5.82 Å². The quantitative estimate of drug-likeness (QED) is 0.428. The molecule has 1 heterocycles. The first kappa shape index (κ1) is 24.1. The van der Waals surface area contributed by atoms with Gasteiger partial charge in [0.05, 0.1) is 23.3 Å². The fraction of sp³-hybridized carbons (Fsp3) is 0.250. The third kappa shape index (κ3) is 6.23. The van der Waals surface area contributed by atoms with Crippen LogP contribution in [0.2, 0.25) is 0 Å². The minimum atomic E-state index is -4.00. The minimum absolute atomic E-state index is 0.0261. The summed E-state index contributed by atoms with van der Waals surface area (Å²) < 4.78 is 33.8. The Kier molecular flexibility index (Phi) is 7.89. The summed E-state index contributed by atoms with van der Waals surface area (Å²) in [6, 6.07) is 17.0. The SMILES string of the molecule is CCCCN(Cc1ccccc1)c1ncc(C(=O)O)cc1NS(=O)(=O)c1ccc(OC)cc1. The number of hydrogen-bond donors (Lipinski definition) is 2. The number of aromatic carboxylic acids is 1. The number of carboxylic acid groups (broad SMARTS) is 1. The smallest absolute Gasteiger partial charge is 0.337 e. The Morgan fingerprint density at radius 3 is 2.42 bits per heavy atom. The summed E-state index contributed by atoms with van der Waals surface area (Å²) in [4.78, 5) is 17.9. The zero-order valence-electron chi connectivity index (χ0n) is 18.6. The van der Waals surface area contributed by atoms with Crippen LogP contribution in [0.3, 0.4) is 0 Å². The summed E-state index contributed by atoms with van der Waals surface area (Å²) in [5, 5.41) is 9.44. The number of anilines is 2. The number of carbonyl (C=O) groups is 1. The summed E-state index contributed by atoms with van der Waals surface area (Å²) >= 11 is 0. The van der Waals surface area contributed by atoms with Crippen molar-refractivity contribution in [1.82, 2.24) is 4.98 Å². The monoisotopic (exact) mass is 469 g/mol. The predicted octanol–water partition coefficient (Wildman–Crippen LogP) is 4.40. The Hall–Kier alpha value is -3.59. The van der Waals surface area contributed by atoms with Crippen LogP contribution in [0.1, 0.15) is 35.7 Å². The van der Waals surface area contributed by atoms with Gasteiger partial charge in [-0.25, -0.2) is 18.2 Å². The van der Waals surface area contributed by atoms with Crippen molar-refractivity contribution in [2.45, 2.75) is 31.2 Å². The van der Waals surface area contributed by atoms with Crippen LogP contribution >= 0.6 is 0 Å². The van der Waals surface area contributed by atoms with Gasteiger partial charge >= 0.3 is 5.97 Å². The number of benzene rings is 2. The van der Waals surface area contributed by atoms with E-state index in [1.807, 2.05) is 35.2 Å². The summed E-state index contributed by atoms with van der Waals surface area (Å²) in [6.45, 7) is 3.19. The van der Waals surface area contributed by atoms with Crippen molar-refractivity contribution in [2.24, 2.45) is 0 Å². The molecule has 174 valence electrons. The molecular formula is C24H27N3O5S. The van der Waals surface area contributed by atoms with E-state index in [0.29, 0.717) is 24.7 Å². The number of unbranched alkanes of at least 4 members (excludes halogenated alkanes) is 1. The molecule has 0 bridgehead atoms. The lowest BCUT2D eigenvalue weighted by Crippen LogP contribution is -2.27. The van der Waals surface area contributed by atoms with E-state index < -0.39 is 16.0 Å². The van der Waals surface area contributed by atoms with E-state index in [4.69, 9.17) is 4.74 Å². The first-order chi connectivity index (χ1) is 15.8.